The lowest BCUT2D eigenvalue weighted by molar-refractivity contribution is 0.165. The van der Waals surface area contributed by atoms with Crippen LogP contribution in [0, 0.1) is 0 Å². The van der Waals surface area contributed by atoms with E-state index < -0.39 is 15.5 Å². The Hall–Kier alpha value is -0.160. The minimum atomic E-state index is -3.04. The van der Waals surface area contributed by atoms with Gasteiger partial charge in [0.1, 0.15) is 15.5 Å². The van der Waals surface area contributed by atoms with Crippen LogP contribution in [-0.2, 0) is 9.84 Å². The number of sulfone groups is 1. The molecule has 1 fully saturated rings. The molecule has 0 aromatic heterocycles. The summed E-state index contributed by atoms with van der Waals surface area (Å²) < 4.78 is 36.2. The van der Waals surface area contributed by atoms with Gasteiger partial charge in [-0.05, 0) is 25.7 Å². The average Bonchev–Trinajstić information content (AvgIpc) is 2.45. The fraction of sp³-hybridized carbons (Fsp3) is 1.00. The Bertz CT molecular complexity index is 291. The molecule has 2 N–H and O–H groups in total. The van der Waals surface area contributed by atoms with Crippen LogP contribution in [0.5, 0.6) is 0 Å². The second-order valence-corrected chi connectivity index (χ2v) is 6.61. The van der Waals surface area contributed by atoms with Gasteiger partial charge < -0.3 is 5.73 Å². The largest absolute Gasteiger partial charge is 0.328 e. The van der Waals surface area contributed by atoms with Crippen molar-refractivity contribution in [2.75, 3.05) is 11.5 Å². The molecule has 0 aromatic carbocycles. The second kappa shape index (κ2) is 4.14. The third-order valence-corrected chi connectivity index (χ3v) is 4.60. The number of rotatable bonds is 4. The Balaban J connectivity index is 2.46. The third-order valence-electron chi connectivity index (χ3n) is 2.89. The van der Waals surface area contributed by atoms with Crippen molar-refractivity contribution in [3.63, 3.8) is 0 Å². The summed E-state index contributed by atoms with van der Waals surface area (Å²) >= 11 is 0. The minimum Gasteiger partial charge on any atom is -0.328 e. The first kappa shape index (κ1) is 11.9. The van der Waals surface area contributed by atoms with E-state index in [1.54, 1.807) is 6.92 Å². The van der Waals surface area contributed by atoms with Gasteiger partial charge in [-0.3, -0.25) is 0 Å². The highest BCUT2D eigenvalue weighted by molar-refractivity contribution is 7.91. The molecule has 0 aromatic rings. The lowest BCUT2D eigenvalue weighted by Gasteiger charge is -2.18. The minimum absolute atomic E-state index is 0.0489. The monoisotopic (exact) mass is 223 g/mol. The summed E-state index contributed by atoms with van der Waals surface area (Å²) in [6.45, 7) is 1.58. The van der Waals surface area contributed by atoms with E-state index in [-0.39, 0.29) is 24.0 Å². The van der Waals surface area contributed by atoms with E-state index in [0.29, 0.717) is 19.3 Å². The lowest BCUT2D eigenvalue weighted by Crippen LogP contribution is -2.26. The van der Waals surface area contributed by atoms with E-state index in [1.165, 1.54) is 0 Å². The lowest BCUT2D eigenvalue weighted by atomic mass is 10.0. The first-order chi connectivity index (χ1) is 6.37. The maximum atomic E-state index is 13.9. The molecule has 0 heterocycles. The van der Waals surface area contributed by atoms with Crippen LogP contribution in [0.3, 0.4) is 0 Å². The van der Waals surface area contributed by atoms with E-state index in [1.807, 2.05) is 0 Å². The second-order valence-electron chi connectivity index (χ2n) is 4.14. The van der Waals surface area contributed by atoms with Crippen LogP contribution in [0.1, 0.15) is 32.6 Å². The Morgan fingerprint density at radius 1 is 1.57 bits per heavy atom. The molecule has 0 aliphatic heterocycles. The van der Waals surface area contributed by atoms with E-state index in [0.717, 1.165) is 0 Å². The Labute approximate surface area is 84.8 Å². The topological polar surface area (TPSA) is 60.2 Å². The van der Waals surface area contributed by atoms with Gasteiger partial charge in [-0.2, -0.15) is 0 Å². The number of hydrogen-bond donors (Lipinski definition) is 1. The molecule has 0 spiro atoms. The van der Waals surface area contributed by atoms with Crippen LogP contribution in [0.4, 0.5) is 4.39 Å². The zero-order valence-corrected chi connectivity index (χ0v) is 9.32. The van der Waals surface area contributed by atoms with Crippen LogP contribution in [0.15, 0.2) is 0 Å². The highest BCUT2D eigenvalue weighted by Gasteiger charge is 2.38. The smallest absolute Gasteiger partial charge is 0.150 e. The fourth-order valence-electron chi connectivity index (χ4n) is 1.83. The van der Waals surface area contributed by atoms with Crippen molar-refractivity contribution in [1.29, 1.82) is 0 Å². The van der Waals surface area contributed by atoms with Crippen LogP contribution >= 0.6 is 0 Å². The zero-order chi connectivity index (χ0) is 10.8. The molecule has 5 heteroatoms. The van der Waals surface area contributed by atoms with Gasteiger partial charge in [0.25, 0.3) is 0 Å². The van der Waals surface area contributed by atoms with Crippen molar-refractivity contribution in [3.05, 3.63) is 0 Å². The van der Waals surface area contributed by atoms with Gasteiger partial charge in [0, 0.05) is 11.8 Å². The molecule has 1 aliphatic carbocycles. The van der Waals surface area contributed by atoms with Gasteiger partial charge >= 0.3 is 0 Å². The van der Waals surface area contributed by atoms with Crippen molar-refractivity contribution in [1.82, 2.24) is 0 Å². The quantitative estimate of drug-likeness (QED) is 0.774. The number of hydrogen-bond acceptors (Lipinski definition) is 3. The highest BCUT2D eigenvalue weighted by Crippen LogP contribution is 2.35. The number of nitrogens with two attached hydrogens (primary N) is 1. The SMILES string of the molecule is CCS(=O)(=O)CCC1(F)CCC(N)C1. The van der Waals surface area contributed by atoms with Gasteiger partial charge in [-0.1, -0.05) is 6.92 Å². The maximum absolute atomic E-state index is 13.9. The first-order valence-electron chi connectivity index (χ1n) is 5.02. The van der Waals surface area contributed by atoms with Gasteiger partial charge in [-0.15, -0.1) is 0 Å². The van der Waals surface area contributed by atoms with E-state index >= 15 is 0 Å². The number of halogens is 1. The Morgan fingerprint density at radius 2 is 2.21 bits per heavy atom. The fourth-order valence-corrected chi connectivity index (χ4v) is 2.79. The van der Waals surface area contributed by atoms with Crippen molar-refractivity contribution >= 4 is 9.84 Å². The molecular weight excluding hydrogens is 205 g/mol. The Morgan fingerprint density at radius 3 is 2.64 bits per heavy atom. The van der Waals surface area contributed by atoms with Crippen molar-refractivity contribution in [2.45, 2.75) is 44.3 Å². The molecule has 2 unspecified atom stereocenters. The zero-order valence-electron chi connectivity index (χ0n) is 8.50. The average molecular weight is 223 g/mol. The molecular formula is C9H18FNO2S. The summed E-state index contributed by atoms with van der Waals surface area (Å²) in [7, 11) is -3.04. The van der Waals surface area contributed by atoms with Gasteiger partial charge in [0.2, 0.25) is 0 Å². The summed E-state index contributed by atoms with van der Waals surface area (Å²) in [5, 5.41) is 0. The molecule has 14 heavy (non-hydrogen) atoms. The highest BCUT2D eigenvalue weighted by atomic mass is 32.2. The van der Waals surface area contributed by atoms with Crippen LogP contribution in [-0.4, -0.2) is 31.6 Å². The van der Waals surface area contributed by atoms with Crippen LogP contribution in [0.25, 0.3) is 0 Å². The third kappa shape index (κ3) is 3.20. The van der Waals surface area contributed by atoms with E-state index in [9.17, 15) is 12.8 Å². The molecule has 84 valence electrons. The van der Waals surface area contributed by atoms with E-state index in [2.05, 4.69) is 0 Å². The van der Waals surface area contributed by atoms with Gasteiger partial charge in [0.15, 0.2) is 0 Å². The van der Waals surface area contributed by atoms with Gasteiger partial charge in [-0.25, -0.2) is 12.8 Å². The molecule has 0 amide bonds. The summed E-state index contributed by atoms with van der Waals surface area (Å²) in [6, 6.07) is -0.0932. The van der Waals surface area contributed by atoms with Crippen LogP contribution < -0.4 is 5.73 Å². The predicted octanol–water partition coefficient (Wildman–Crippen LogP) is 1.03. The van der Waals surface area contributed by atoms with E-state index in [4.69, 9.17) is 5.73 Å². The van der Waals surface area contributed by atoms with Crippen molar-refractivity contribution in [2.24, 2.45) is 5.73 Å². The standard InChI is InChI=1S/C9H18FNO2S/c1-2-14(12,13)6-5-9(10)4-3-8(11)7-9/h8H,2-7,11H2,1H3. The molecule has 2 atom stereocenters. The normalized spacial score (nSPS) is 33.5. The summed E-state index contributed by atoms with van der Waals surface area (Å²) in [6.07, 6.45) is 1.50. The molecule has 0 saturated heterocycles. The molecule has 0 bridgehead atoms. The molecule has 0 radical (unpaired) electrons. The molecule has 1 aliphatic rings. The first-order valence-corrected chi connectivity index (χ1v) is 6.84. The van der Waals surface area contributed by atoms with Crippen molar-refractivity contribution < 1.29 is 12.8 Å². The predicted molar refractivity (Wildman–Crippen MR) is 54.6 cm³/mol. The summed E-state index contributed by atoms with van der Waals surface area (Å²) in [5.74, 6) is 0.0435. The Kier molecular flexibility index (Phi) is 3.53. The van der Waals surface area contributed by atoms with Crippen LogP contribution in [0.2, 0.25) is 0 Å². The maximum Gasteiger partial charge on any atom is 0.150 e. The molecule has 1 rings (SSSR count). The number of alkyl halides is 1. The summed E-state index contributed by atoms with van der Waals surface area (Å²) in [5.41, 5.74) is 4.26. The van der Waals surface area contributed by atoms with Gasteiger partial charge in [0.05, 0.1) is 5.75 Å². The summed E-state index contributed by atoms with van der Waals surface area (Å²) in [4.78, 5) is 0. The molecule has 1 saturated carbocycles. The molecule has 3 nitrogen and oxygen atoms in total. The van der Waals surface area contributed by atoms with Crippen molar-refractivity contribution in [3.8, 4) is 0 Å².